The SMILES string of the molecule is CCOc1ccc(CCNC(=O)CCCn2c3ccccc3c3cnn(C)c(=O)c32)cc1. The molecule has 0 atom stereocenters. The zero-order valence-electron chi connectivity index (χ0n) is 18.5. The standard InChI is InChI=1S/C25H28N4O3/c1-3-32-19-12-10-18(11-13-19)14-15-26-23(30)9-6-16-29-22-8-5-4-7-20(22)21-17-27-28(2)25(31)24(21)29/h4-5,7-8,10-13,17H,3,6,9,14-16H2,1-2H3,(H,26,30). The van der Waals surface area contributed by atoms with Crippen molar-refractivity contribution in [1.29, 1.82) is 0 Å². The lowest BCUT2D eigenvalue weighted by atomic mass is 10.1. The summed E-state index contributed by atoms with van der Waals surface area (Å²) < 4.78 is 8.82. The molecule has 0 saturated heterocycles. The van der Waals surface area contributed by atoms with Gasteiger partial charge in [0.2, 0.25) is 5.91 Å². The first-order valence-electron chi connectivity index (χ1n) is 11.0. The summed E-state index contributed by atoms with van der Waals surface area (Å²) in [5.41, 5.74) is 2.66. The molecule has 7 heteroatoms. The van der Waals surface area contributed by atoms with Gasteiger partial charge in [0, 0.05) is 42.8 Å². The van der Waals surface area contributed by atoms with Crippen LogP contribution in [0.1, 0.15) is 25.3 Å². The fourth-order valence-electron chi connectivity index (χ4n) is 4.03. The van der Waals surface area contributed by atoms with E-state index in [2.05, 4.69) is 10.4 Å². The number of nitrogens with zero attached hydrogens (tertiary/aromatic N) is 3. The third-order valence-electron chi connectivity index (χ3n) is 5.62. The van der Waals surface area contributed by atoms with Crippen LogP contribution in [0.25, 0.3) is 21.8 Å². The highest BCUT2D eigenvalue weighted by Gasteiger charge is 2.15. The molecule has 0 spiro atoms. The van der Waals surface area contributed by atoms with Crippen LogP contribution in [-0.4, -0.2) is 33.4 Å². The van der Waals surface area contributed by atoms with E-state index in [1.54, 1.807) is 13.2 Å². The van der Waals surface area contributed by atoms with E-state index < -0.39 is 0 Å². The third kappa shape index (κ3) is 4.51. The number of nitrogens with one attached hydrogen (secondary N) is 1. The number of ether oxygens (including phenoxy) is 1. The first-order valence-corrected chi connectivity index (χ1v) is 11.0. The van der Waals surface area contributed by atoms with Crippen molar-refractivity contribution in [2.24, 2.45) is 7.05 Å². The van der Waals surface area contributed by atoms with Crippen molar-refractivity contribution in [3.63, 3.8) is 0 Å². The van der Waals surface area contributed by atoms with E-state index in [-0.39, 0.29) is 11.5 Å². The van der Waals surface area contributed by atoms with Crippen LogP contribution in [0.5, 0.6) is 5.75 Å². The van der Waals surface area contributed by atoms with Gasteiger partial charge in [-0.25, -0.2) is 4.68 Å². The maximum Gasteiger partial charge on any atom is 0.291 e. The van der Waals surface area contributed by atoms with Gasteiger partial charge in [0.1, 0.15) is 11.3 Å². The minimum Gasteiger partial charge on any atom is -0.494 e. The molecule has 0 aliphatic carbocycles. The van der Waals surface area contributed by atoms with Gasteiger partial charge < -0.3 is 14.6 Å². The molecule has 166 valence electrons. The predicted octanol–water partition coefficient (Wildman–Crippen LogP) is 3.43. The average molecular weight is 433 g/mol. The molecule has 0 aliphatic rings. The Hall–Kier alpha value is -3.61. The van der Waals surface area contributed by atoms with Gasteiger partial charge in [-0.15, -0.1) is 0 Å². The lowest BCUT2D eigenvalue weighted by molar-refractivity contribution is -0.121. The van der Waals surface area contributed by atoms with Crippen LogP contribution in [0.2, 0.25) is 0 Å². The second-order valence-electron chi connectivity index (χ2n) is 7.78. The van der Waals surface area contributed by atoms with Crippen LogP contribution in [0.15, 0.2) is 59.5 Å². The highest BCUT2D eigenvalue weighted by Crippen LogP contribution is 2.26. The third-order valence-corrected chi connectivity index (χ3v) is 5.62. The summed E-state index contributed by atoms with van der Waals surface area (Å²) in [6, 6.07) is 15.9. The Morgan fingerprint density at radius 1 is 1.09 bits per heavy atom. The minimum absolute atomic E-state index is 0.0197. The largest absolute Gasteiger partial charge is 0.494 e. The number of hydrogen-bond acceptors (Lipinski definition) is 4. The molecule has 4 rings (SSSR count). The number of fused-ring (bicyclic) bond motifs is 3. The Labute approximate surface area is 186 Å². The van der Waals surface area contributed by atoms with E-state index in [0.29, 0.717) is 38.1 Å². The Morgan fingerprint density at radius 2 is 1.88 bits per heavy atom. The molecule has 0 saturated carbocycles. The number of carbonyl (C=O) groups excluding carboxylic acids is 1. The van der Waals surface area contributed by atoms with Crippen molar-refractivity contribution in [2.45, 2.75) is 32.7 Å². The Balaban J connectivity index is 1.35. The molecule has 2 heterocycles. The lowest BCUT2D eigenvalue weighted by Crippen LogP contribution is -2.26. The molecule has 7 nitrogen and oxygen atoms in total. The second kappa shape index (κ2) is 9.68. The molecule has 4 aromatic rings. The molecular weight excluding hydrogens is 404 g/mol. The van der Waals surface area contributed by atoms with Gasteiger partial charge in [-0.1, -0.05) is 30.3 Å². The van der Waals surface area contributed by atoms with Crippen molar-refractivity contribution >= 4 is 27.7 Å². The van der Waals surface area contributed by atoms with Crippen LogP contribution in [-0.2, 0) is 24.8 Å². The van der Waals surface area contributed by atoms with Crippen LogP contribution in [0, 0.1) is 0 Å². The molecule has 0 aliphatic heterocycles. The number of aromatic nitrogens is 3. The van der Waals surface area contributed by atoms with Crippen LogP contribution >= 0.6 is 0 Å². The van der Waals surface area contributed by atoms with E-state index in [4.69, 9.17) is 4.74 Å². The minimum atomic E-state index is -0.126. The van der Waals surface area contributed by atoms with Crippen molar-refractivity contribution < 1.29 is 9.53 Å². The zero-order chi connectivity index (χ0) is 22.5. The highest BCUT2D eigenvalue weighted by molar-refractivity contribution is 6.07. The molecule has 1 amide bonds. The fraction of sp³-hybridized carbons (Fsp3) is 0.320. The second-order valence-corrected chi connectivity index (χ2v) is 7.78. The van der Waals surface area contributed by atoms with Crippen molar-refractivity contribution in [3.8, 4) is 5.75 Å². The van der Waals surface area contributed by atoms with Crippen LogP contribution in [0.3, 0.4) is 0 Å². The number of rotatable bonds is 9. The molecule has 0 unspecified atom stereocenters. The average Bonchev–Trinajstić information content (AvgIpc) is 3.12. The van der Waals surface area contributed by atoms with Gasteiger partial charge in [0.15, 0.2) is 0 Å². The molecule has 0 bridgehead atoms. The molecular formula is C25H28N4O3. The summed E-state index contributed by atoms with van der Waals surface area (Å²) >= 11 is 0. The quantitative estimate of drug-likeness (QED) is 0.440. The predicted molar refractivity (Wildman–Crippen MR) is 126 cm³/mol. The maximum atomic E-state index is 12.7. The van der Waals surface area contributed by atoms with Crippen molar-refractivity contribution in [2.75, 3.05) is 13.2 Å². The molecule has 32 heavy (non-hydrogen) atoms. The van der Waals surface area contributed by atoms with Gasteiger partial charge in [-0.05, 0) is 43.5 Å². The smallest absolute Gasteiger partial charge is 0.291 e. The first-order chi connectivity index (χ1) is 15.6. The fourth-order valence-corrected chi connectivity index (χ4v) is 4.03. The maximum absolute atomic E-state index is 12.7. The van der Waals surface area contributed by atoms with Crippen LogP contribution in [0.4, 0.5) is 0 Å². The summed E-state index contributed by atoms with van der Waals surface area (Å²) in [7, 11) is 1.65. The Morgan fingerprint density at radius 3 is 2.66 bits per heavy atom. The van der Waals surface area contributed by atoms with Gasteiger partial charge in [-0.3, -0.25) is 9.59 Å². The van der Waals surface area contributed by atoms with Crippen LogP contribution < -0.4 is 15.6 Å². The van der Waals surface area contributed by atoms with Gasteiger partial charge in [-0.2, -0.15) is 5.10 Å². The van der Waals surface area contributed by atoms with Gasteiger partial charge in [0.05, 0.1) is 12.8 Å². The Bertz CT molecular complexity index is 1290. The van der Waals surface area contributed by atoms with E-state index in [1.165, 1.54) is 4.68 Å². The Kier molecular flexibility index (Phi) is 6.54. The summed E-state index contributed by atoms with van der Waals surface area (Å²) in [5.74, 6) is 0.877. The monoisotopic (exact) mass is 432 g/mol. The van der Waals surface area contributed by atoms with Crippen molar-refractivity contribution in [3.05, 3.63) is 70.6 Å². The number of para-hydroxylation sites is 1. The number of benzene rings is 2. The summed E-state index contributed by atoms with van der Waals surface area (Å²) in [5, 5.41) is 9.02. The zero-order valence-corrected chi connectivity index (χ0v) is 18.5. The van der Waals surface area contributed by atoms with Gasteiger partial charge in [0.25, 0.3) is 5.56 Å². The molecule has 2 aromatic carbocycles. The highest BCUT2D eigenvalue weighted by atomic mass is 16.5. The number of hydrogen-bond donors (Lipinski definition) is 1. The number of aryl methyl sites for hydroxylation is 2. The van der Waals surface area contributed by atoms with Gasteiger partial charge >= 0.3 is 0 Å². The first kappa shape index (κ1) is 21.6. The number of carbonyl (C=O) groups is 1. The summed E-state index contributed by atoms with van der Waals surface area (Å²) in [4.78, 5) is 25.1. The van der Waals surface area contributed by atoms with E-state index >= 15 is 0 Å². The lowest BCUT2D eigenvalue weighted by Gasteiger charge is -2.09. The molecule has 0 fully saturated rings. The normalized spacial score (nSPS) is 11.2. The summed E-state index contributed by atoms with van der Waals surface area (Å²) in [6.45, 7) is 3.79. The van der Waals surface area contributed by atoms with E-state index in [0.717, 1.165) is 34.0 Å². The van der Waals surface area contributed by atoms with E-state index in [1.807, 2.05) is 60.0 Å². The topological polar surface area (TPSA) is 78.2 Å². The van der Waals surface area contributed by atoms with Crippen molar-refractivity contribution in [1.82, 2.24) is 19.7 Å². The molecule has 0 radical (unpaired) electrons. The molecule has 1 N–H and O–H groups in total. The summed E-state index contributed by atoms with van der Waals surface area (Å²) in [6.07, 6.45) is 3.56. The molecule has 2 aromatic heterocycles. The number of amides is 1. The van der Waals surface area contributed by atoms with E-state index in [9.17, 15) is 9.59 Å².